The molecule has 0 amide bonds. The molecule has 0 radical (unpaired) electrons. The molecule has 1 fully saturated rings. The Morgan fingerprint density at radius 2 is 2.00 bits per heavy atom. The molecule has 1 aliphatic rings. The molecule has 0 heterocycles. The molecule has 0 aromatic rings. The summed E-state index contributed by atoms with van der Waals surface area (Å²) in [5.41, 5.74) is 0. The molecule has 1 saturated carbocycles. The van der Waals surface area contributed by atoms with E-state index in [0.717, 1.165) is 38.8 Å². The van der Waals surface area contributed by atoms with Crippen molar-refractivity contribution in [2.75, 3.05) is 26.7 Å². The van der Waals surface area contributed by atoms with Crippen LogP contribution in [0, 0.1) is 0 Å². The molecule has 0 aromatic carbocycles. The molecular formula is C10H23N3O2S. The molecule has 0 unspecified atom stereocenters. The quantitative estimate of drug-likeness (QED) is 0.578. The Balaban J connectivity index is 2.14. The minimum Gasteiger partial charge on any atom is -0.317 e. The van der Waals surface area contributed by atoms with Gasteiger partial charge in [0.1, 0.15) is 0 Å². The summed E-state index contributed by atoms with van der Waals surface area (Å²) in [7, 11) is -1.60. The van der Waals surface area contributed by atoms with Crippen molar-refractivity contribution in [2.24, 2.45) is 0 Å². The topological polar surface area (TPSA) is 61.4 Å². The van der Waals surface area contributed by atoms with Crippen LogP contribution in [0.15, 0.2) is 0 Å². The fourth-order valence-corrected chi connectivity index (χ4v) is 2.56. The number of hydrogen-bond donors (Lipinski definition) is 2. The fourth-order valence-electron chi connectivity index (χ4n) is 1.35. The van der Waals surface area contributed by atoms with E-state index in [9.17, 15) is 8.42 Å². The van der Waals surface area contributed by atoms with Crippen LogP contribution in [0.3, 0.4) is 0 Å². The molecule has 1 rings (SSSR count). The van der Waals surface area contributed by atoms with Crippen molar-refractivity contribution in [2.45, 2.75) is 38.6 Å². The first kappa shape index (κ1) is 13.9. The van der Waals surface area contributed by atoms with Crippen LogP contribution in [0.2, 0.25) is 0 Å². The van der Waals surface area contributed by atoms with Gasteiger partial charge >= 0.3 is 0 Å². The van der Waals surface area contributed by atoms with Gasteiger partial charge in [0.05, 0.1) is 0 Å². The molecule has 16 heavy (non-hydrogen) atoms. The summed E-state index contributed by atoms with van der Waals surface area (Å²) in [6, 6.07) is 0.186. The molecular weight excluding hydrogens is 226 g/mol. The van der Waals surface area contributed by atoms with E-state index in [4.69, 9.17) is 0 Å². The average molecular weight is 249 g/mol. The van der Waals surface area contributed by atoms with Gasteiger partial charge in [-0.05, 0) is 38.8 Å². The molecule has 0 aliphatic heterocycles. The van der Waals surface area contributed by atoms with Gasteiger partial charge in [-0.2, -0.15) is 17.4 Å². The molecule has 0 spiro atoms. The molecule has 0 aromatic heterocycles. The van der Waals surface area contributed by atoms with Crippen molar-refractivity contribution < 1.29 is 8.42 Å². The summed E-state index contributed by atoms with van der Waals surface area (Å²) in [6.45, 7) is 4.55. The highest BCUT2D eigenvalue weighted by Crippen LogP contribution is 2.20. The second-order valence-corrected chi connectivity index (χ2v) is 6.13. The van der Waals surface area contributed by atoms with Gasteiger partial charge in [-0.25, -0.2) is 0 Å². The normalized spacial score (nSPS) is 16.9. The molecule has 5 nitrogen and oxygen atoms in total. The first-order valence-electron chi connectivity index (χ1n) is 6.00. The van der Waals surface area contributed by atoms with Crippen LogP contribution in [0.25, 0.3) is 0 Å². The second kappa shape index (κ2) is 6.54. The van der Waals surface area contributed by atoms with Crippen LogP contribution in [-0.4, -0.2) is 45.4 Å². The number of nitrogens with zero attached hydrogens (tertiary/aromatic N) is 1. The Bertz CT molecular complexity index is 288. The lowest BCUT2D eigenvalue weighted by molar-refractivity contribution is 0.444. The van der Waals surface area contributed by atoms with Crippen LogP contribution in [0.4, 0.5) is 0 Å². The average Bonchev–Trinajstić information content (AvgIpc) is 3.00. The van der Waals surface area contributed by atoms with Gasteiger partial charge in [-0.15, -0.1) is 0 Å². The Morgan fingerprint density at radius 3 is 2.56 bits per heavy atom. The molecule has 0 bridgehead atoms. The maximum Gasteiger partial charge on any atom is 0.279 e. The largest absolute Gasteiger partial charge is 0.317 e. The van der Waals surface area contributed by atoms with E-state index in [1.165, 1.54) is 4.31 Å². The predicted octanol–water partition coefficient (Wildman–Crippen LogP) is 0.305. The third-order valence-corrected chi connectivity index (χ3v) is 4.19. The van der Waals surface area contributed by atoms with E-state index in [1.807, 2.05) is 0 Å². The zero-order chi connectivity index (χ0) is 12.0. The molecule has 6 heteroatoms. The first-order valence-corrected chi connectivity index (χ1v) is 7.44. The maximum absolute atomic E-state index is 11.7. The van der Waals surface area contributed by atoms with Gasteiger partial charge in [0.15, 0.2) is 0 Å². The molecule has 0 atom stereocenters. The van der Waals surface area contributed by atoms with Gasteiger partial charge in [-0.3, -0.25) is 0 Å². The highest BCUT2D eigenvalue weighted by atomic mass is 32.2. The highest BCUT2D eigenvalue weighted by molar-refractivity contribution is 7.87. The molecule has 2 N–H and O–H groups in total. The van der Waals surface area contributed by atoms with Crippen molar-refractivity contribution in [1.29, 1.82) is 0 Å². The Kier molecular flexibility index (Phi) is 5.68. The zero-order valence-corrected chi connectivity index (χ0v) is 11.0. The summed E-state index contributed by atoms with van der Waals surface area (Å²) < 4.78 is 27.5. The van der Waals surface area contributed by atoms with E-state index >= 15 is 0 Å². The SMILES string of the molecule is CCCNCCCN(C)S(=O)(=O)NC1CC1. The van der Waals surface area contributed by atoms with Gasteiger partial charge in [0, 0.05) is 19.6 Å². The maximum atomic E-state index is 11.7. The lowest BCUT2D eigenvalue weighted by atomic mass is 10.4. The summed E-state index contributed by atoms with van der Waals surface area (Å²) >= 11 is 0. The standard InChI is InChI=1S/C10H23N3O2S/c1-3-7-11-8-4-9-13(2)16(14,15)12-10-5-6-10/h10-12H,3-9H2,1-2H3. The van der Waals surface area contributed by atoms with Gasteiger partial charge in [0.2, 0.25) is 0 Å². The second-order valence-electron chi connectivity index (χ2n) is 4.32. The summed E-state index contributed by atoms with van der Waals surface area (Å²) in [5.74, 6) is 0. The third kappa shape index (κ3) is 5.25. The van der Waals surface area contributed by atoms with Crippen LogP contribution in [0.1, 0.15) is 32.6 Å². The van der Waals surface area contributed by atoms with Crippen molar-refractivity contribution in [3.8, 4) is 0 Å². The van der Waals surface area contributed by atoms with Crippen LogP contribution >= 0.6 is 0 Å². The van der Waals surface area contributed by atoms with Crippen LogP contribution in [-0.2, 0) is 10.2 Å². The lowest BCUT2D eigenvalue weighted by Crippen LogP contribution is -2.40. The Hall–Kier alpha value is -0.170. The van der Waals surface area contributed by atoms with E-state index in [-0.39, 0.29) is 6.04 Å². The fraction of sp³-hybridized carbons (Fsp3) is 1.00. The van der Waals surface area contributed by atoms with Gasteiger partial charge in [-0.1, -0.05) is 6.92 Å². The summed E-state index contributed by atoms with van der Waals surface area (Å²) in [5, 5.41) is 3.25. The Morgan fingerprint density at radius 1 is 1.31 bits per heavy atom. The van der Waals surface area contributed by atoms with Gasteiger partial charge in [0.25, 0.3) is 10.2 Å². The van der Waals surface area contributed by atoms with Crippen molar-refractivity contribution in [3.63, 3.8) is 0 Å². The van der Waals surface area contributed by atoms with Crippen LogP contribution < -0.4 is 10.0 Å². The number of rotatable bonds is 9. The van der Waals surface area contributed by atoms with Gasteiger partial charge < -0.3 is 5.32 Å². The molecule has 96 valence electrons. The van der Waals surface area contributed by atoms with E-state index in [0.29, 0.717) is 6.54 Å². The summed E-state index contributed by atoms with van der Waals surface area (Å²) in [6.07, 6.45) is 3.91. The lowest BCUT2D eigenvalue weighted by Gasteiger charge is -2.17. The Labute approximate surface area is 98.8 Å². The van der Waals surface area contributed by atoms with Crippen LogP contribution in [0.5, 0.6) is 0 Å². The minimum atomic E-state index is -3.23. The highest BCUT2D eigenvalue weighted by Gasteiger charge is 2.28. The predicted molar refractivity (Wildman–Crippen MR) is 65.5 cm³/mol. The number of hydrogen-bond acceptors (Lipinski definition) is 3. The van der Waals surface area contributed by atoms with Crippen molar-refractivity contribution in [1.82, 2.24) is 14.3 Å². The van der Waals surface area contributed by atoms with Crippen molar-refractivity contribution in [3.05, 3.63) is 0 Å². The van der Waals surface area contributed by atoms with E-state index < -0.39 is 10.2 Å². The third-order valence-electron chi connectivity index (χ3n) is 2.56. The minimum absolute atomic E-state index is 0.186. The smallest absolute Gasteiger partial charge is 0.279 e. The monoisotopic (exact) mass is 249 g/mol. The first-order chi connectivity index (χ1) is 7.56. The molecule has 1 aliphatic carbocycles. The van der Waals surface area contributed by atoms with E-state index in [1.54, 1.807) is 7.05 Å². The summed E-state index contributed by atoms with van der Waals surface area (Å²) in [4.78, 5) is 0. The van der Waals surface area contributed by atoms with E-state index in [2.05, 4.69) is 17.0 Å². The molecule has 0 saturated heterocycles. The zero-order valence-electron chi connectivity index (χ0n) is 10.2. The number of nitrogens with one attached hydrogen (secondary N) is 2. The van der Waals surface area contributed by atoms with Crippen molar-refractivity contribution >= 4 is 10.2 Å².